The number of ether oxygens (including phenoxy) is 1. The molecule has 2 atom stereocenters. The van der Waals surface area contributed by atoms with Gasteiger partial charge in [-0.15, -0.1) is 0 Å². The monoisotopic (exact) mass is 213 g/mol. The molecule has 0 radical (unpaired) electrons. The van der Waals surface area contributed by atoms with Crippen LogP contribution in [-0.2, 0) is 4.74 Å². The summed E-state index contributed by atoms with van der Waals surface area (Å²) in [6.07, 6.45) is 8.81. The predicted octanol–water partition coefficient (Wildman–Crippen LogP) is 1.47. The van der Waals surface area contributed by atoms with E-state index in [1.54, 1.807) is 7.11 Å². The number of hydrogen-bond donors (Lipinski definition) is 2. The van der Waals surface area contributed by atoms with Crippen molar-refractivity contribution in [3.63, 3.8) is 0 Å². The topological polar surface area (TPSA) is 41.5 Å². The highest BCUT2D eigenvalue weighted by Crippen LogP contribution is 2.16. The van der Waals surface area contributed by atoms with Crippen LogP contribution >= 0.6 is 0 Å². The van der Waals surface area contributed by atoms with Crippen LogP contribution in [0.5, 0.6) is 0 Å². The zero-order valence-electron chi connectivity index (χ0n) is 9.83. The van der Waals surface area contributed by atoms with Crippen molar-refractivity contribution in [3.8, 4) is 0 Å². The SMILES string of the molecule is COC[C@](C)(CCO)N[C@@H]1C=CCCC1. The molecule has 1 aliphatic rings. The molecule has 2 N–H and O–H groups in total. The molecule has 0 saturated carbocycles. The number of nitrogens with one attached hydrogen (secondary N) is 1. The van der Waals surface area contributed by atoms with E-state index in [2.05, 4.69) is 24.4 Å². The summed E-state index contributed by atoms with van der Waals surface area (Å²) >= 11 is 0. The van der Waals surface area contributed by atoms with Crippen LogP contribution in [0.15, 0.2) is 12.2 Å². The maximum absolute atomic E-state index is 9.04. The average molecular weight is 213 g/mol. The summed E-state index contributed by atoms with van der Waals surface area (Å²) < 4.78 is 5.20. The smallest absolute Gasteiger partial charge is 0.0642 e. The summed E-state index contributed by atoms with van der Waals surface area (Å²) in [5.74, 6) is 0. The third-order valence-electron chi connectivity index (χ3n) is 2.91. The van der Waals surface area contributed by atoms with Gasteiger partial charge < -0.3 is 15.2 Å². The lowest BCUT2D eigenvalue weighted by Gasteiger charge is -2.34. The Bertz CT molecular complexity index is 198. The van der Waals surface area contributed by atoms with E-state index in [4.69, 9.17) is 9.84 Å². The van der Waals surface area contributed by atoms with E-state index < -0.39 is 0 Å². The maximum atomic E-state index is 9.04. The highest BCUT2D eigenvalue weighted by atomic mass is 16.5. The van der Waals surface area contributed by atoms with Crippen LogP contribution in [0.2, 0.25) is 0 Å². The number of methoxy groups -OCH3 is 1. The van der Waals surface area contributed by atoms with E-state index in [-0.39, 0.29) is 12.1 Å². The molecule has 0 aromatic rings. The zero-order chi connectivity index (χ0) is 11.1. The van der Waals surface area contributed by atoms with Crippen molar-refractivity contribution in [2.45, 2.75) is 44.2 Å². The van der Waals surface area contributed by atoms with Crippen molar-refractivity contribution in [1.29, 1.82) is 0 Å². The number of aliphatic hydroxyl groups is 1. The quantitative estimate of drug-likeness (QED) is 0.657. The molecule has 0 unspecified atom stereocenters. The first-order valence-electron chi connectivity index (χ1n) is 5.74. The second-order valence-electron chi connectivity index (χ2n) is 4.58. The van der Waals surface area contributed by atoms with Gasteiger partial charge in [-0.2, -0.15) is 0 Å². The molecule has 1 rings (SSSR count). The standard InChI is InChI=1S/C12H23NO2/c1-12(8-9-14,10-15-2)13-11-6-4-3-5-7-11/h4,6,11,13-14H,3,5,7-10H2,1-2H3/t11-,12+/m1/s1. The third-order valence-corrected chi connectivity index (χ3v) is 2.91. The second-order valence-corrected chi connectivity index (χ2v) is 4.58. The van der Waals surface area contributed by atoms with Gasteiger partial charge >= 0.3 is 0 Å². The van der Waals surface area contributed by atoms with E-state index >= 15 is 0 Å². The molecule has 0 saturated heterocycles. The first-order valence-corrected chi connectivity index (χ1v) is 5.74. The fourth-order valence-electron chi connectivity index (χ4n) is 2.13. The van der Waals surface area contributed by atoms with E-state index in [0.717, 1.165) is 6.42 Å². The second kappa shape index (κ2) is 6.26. The number of allylic oxidation sites excluding steroid dienone is 1. The highest BCUT2D eigenvalue weighted by Gasteiger charge is 2.26. The minimum Gasteiger partial charge on any atom is -0.396 e. The molecular weight excluding hydrogens is 190 g/mol. The number of rotatable bonds is 6. The minimum atomic E-state index is -0.115. The number of hydrogen-bond acceptors (Lipinski definition) is 3. The molecular formula is C12H23NO2. The lowest BCUT2D eigenvalue weighted by atomic mass is 9.94. The van der Waals surface area contributed by atoms with Crippen LogP contribution < -0.4 is 5.32 Å². The summed E-state index contributed by atoms with van der Waals surface area (Å²) in [5.41, 5.74) is -0.115. The van der Waals surface area contributed by atoms with Crippen molar-refractivity contribution in [3.05, 3.63) is 12.2 Å². The fourth-order valence-corrected chi connectivity index (χ4v) is 2.13. The molecule has 0 fully saturated rings. The van der Waals surface area contributed by atoms with Gasteiger partial charge in [0.25, 0.3) is 0 Å². The van der Waals surface area contributed by atoms with Crippen molar-refractivity contribution in [2.75, 3.05) is 20.3 Å². The van der Waals surface area contributed by atoms with Crippen molar-refractivity contribution in [2.24, 2.45) is 0 Å². The molecule has 0 bridgehead atoms. The Hall–Kier alpha value is -0.380. The van der Waals surface area contributed by atoms with Gasteiger partial charge in [-0.05, 0) is 32.6 Å². The Kier molecular flexibility index (Phi) is 5.29. The maximum Gasteiger partial charge on any atom is 0.0642 e. The van der Waals surface area contributed by atoms with Crippen LogP contribution in [-0.4, -0.2) is 37.0 Å². The molecule has 3 heteroatoms. The van der Waals surface area contributed by atoms with E-state index in [0.29, 0.717) is 12.6 Å². The van der Waals surface area contributed by atoms with Crippen molar-refractivity contribution < 1.29 is 9.84 Å². The first-order chi connectivity index (χ1) is 7.20. The molecule has 0 aliphatic heterocycles. The lowest BCUT2D eigenvalue weighted by Crippen LogP contribution is -2.51. The van der Waals surface area contributed by atoms with Gasteiger partial charge in [0.15, 0.2) is 0 Å². The van der Waals surface area contributed by atoms with Crippen LogP contribution in [0.25, 0.3) is 0 Å². The summed E-state index contributed by atoms with van der Waals surface area (Å²) in [6, 6.07) is 0.436. The summed E-state index contributed by atoms with van der Waals surface area (Å²) in [5, 5.41) is 12.6. The van der Waals surface area contributed by atoms with E-state index in [1.165, 1.54) is 19.3 Å². The van der Waals surface area contributed by atoms with Gasteiger partial charge in [-0.1, -0.05) is 12.2 Å². The molecule has 15 heavy (non-hydrogen) atoms. The molecule has 88 valence electrons. The van der Waals surface area contributed by atoms with Crippen LogP contribution in [0, 0.1) is 0 Å². The Balaban J connectivity index is 2.48. The lowest BCUT2D eigenvalue weighted by molar-refractivity contribution is 0.0923. The molecule has 0 amide bonds. The molecule has 0 heterocycles. The highest BCUT2D eigenvalue weighted by molar-refractivity contribution is 5.01. The zero-order valence-corrected chi connectivity index (χ0v) is 9.83. The Labute approximate surface area is 92.5 Å². The summed E-state index contributed by atoms with van der Waals surface area (Å²) in [4.78, 5) is 0. The van der Waals surface area contributed by atoms with Crippen LogP contribution in [0.3, 0.4) is 0 Å². The van der Waals surface area contributed by atoms with Gasteiger partial charge in [0.1, 0.15) is 0 Å². The number of aliphatic hydroxyl groups excluding tert-OH is 1. The van der Waals surface area contributed by atoms with Crippen molar-refractivity contribution in [1.82, 2.24) is 5.32 Å². The Morgan fingerprint density at radius 1 is 1.60 bits per heavy atom. The fraction of sp³-hybridized carbons (Fsp3) is 0.833. The summed E-state index contributed by atoms with van der Waals surface area (Å²) in [7, 11) is 1.70. The molecule has 3 nitrogen and oxygen atoms in total. The molecule has 0 aromatic carbocycles. The normalized spacial score (nSPS) is 25.1. The predicted molar refractivity (Wildman–Crippen MR) is 61.9 cm³/mol. The van der Waals surface area contributed by atoms with Crippen LogP contribution in [0.4, 0.5) is 0 Å². The van der Waals surface area contributed by atoms with Gasteiger partial charge in [-0.3, -0.25) is 0 Å². The molecule has 0 spiro atoms. The third kappa shape index (κ3) is 4.33. The van der Waals surface area contributed by atoms with Gasteiger partial charge in [0.05, 0.1) is 6.61 Å². The Morgan fingerprint density at radius 3 is 2.93 bits per heavy atom. The minimum absolute atomic E-state index is 0.115. The largest absolute Gasteiger partial charge is 0.396 e. The summed E-state index contributed by atoms with van der Waals surface area (Å²) in [6.45, 7) is 2.94. The van der Waals surface area contributed by atoms with E-state index in [1.807, 2.05) is 0 Å². The van der Waals surface area contributed by atoms with Crippen molar-refractivity contribution >= 4 is 0 Å². The molecule has 0 aromatic heterocycles. The van der Waals surface area contributed by atoms with Gasteiger partial charge in [-0.25, -0.2) is 0 Å². The average Bonchev–Trinajstić information content (AvgIpc) is 2.19. The van der Waals surface area contributed by atoms with Crippen LogP contribution in [0.1, 0.15) is 32.6 Å². The van der Waals surface area contributed by atoms with Gasteiger partial charge in [0, 0.05) is 25.3 Å². The first kappa shape index (κ1) is 12.7. The van der Waals surface area contributed by atoms with Gasteiger partial charge in [0.2, 0.25) is 0 Å². The van der Waals surface area contributed by atoms with E-state index in [9.17, 15) is 0 Å². The Morgan fingerprint density at radius 2 is 2.40 bits per heavy atom. The molecule has 1 aliphatic carbocycles.